The van der Waals surface area contributed by atoms with Gasteiger partial charge >= 0.3 is 0 Å². The van der Waals surface area contributed by atoms with E-state index >= 15 is 0 Å². The first kappa shape index (κ1) is 13.8. The molecule has 1 heterocycles. The SMILES string of the molecule is CC1Cc2ccccc2C(CNC(=O)c2ccccc2)N1. The number of rotatable bonds is 3. The maximum atomic E-state index is 12.1. The number of amides is 1. The highest BCUT2D eigenvalue weighted by Gasteiger charge is 2.23. The molecule has 2 unspecified atom stereocenters. The van der Waals surface area contributed by atoms with Crippen molar-refractivity contribution in [3.8, 4) is 0 Å². The zero-order valence-electron chi connectivity index (χ0n) is 12.2. The molecular formula is C18H20N2O. The normalized spacial score (nSPS) is 20.6. The summed E-state index contributed by atoms with van der Waals surface area (Å²) in [6.45, 7) is 2.79. The average Bonchev–Trinajstić information content (AvgIpc) is 2.53. The molecule has 3 rings (SSSR count). The minimum atomic E-state index is -0.0203. The van der Waals surface area contributed by atoms with Crippen LogP contribution in [-0.2, 0) is 6.42 Å². The summed E-state index contributed by atoms with van der Waals surface area (Å²) in [6, 6.07) is 18.4. The Kier molecular flexibility index (Phi) is 4.02. The fourth-order valence-corrected chi connectivity index (χ4v) is 2.94. The summed E-state index contributed by atoms with van der Waals surface area (Å²) in [6.07, 6.45) is 1.04. The van der Waals surface area contributed by atoms with E-state index in [0.717, 1.165) is 6.42 Å². The lowest BCUT2D eigenvalue weighted by Gasteiger charge is -2.31. The molecule has 3 nitrogen and oxygen atoms in total. The van der Waals surface area contributed by atoms with Crippen LogP contribution in [0.15, 0.2) is 54.6 Å². The van der Waals surface area contributed by atoms with Crippen molar-refractivity contribution in [2.24, 2.45) is 0 Å². The van der Waals surface area contributed by atoms with Crippen LogP contribution in [0.5, 0.6) is 0 Å². The van der Waals surface area contributed by atoms with Gasteiger partial charge in [-0.3, -0.25) is 4.79 Å². The molecular weight excluding hydrogens is 260 g/mol. The van der Waals surface area contributed by atoms with Crippen molar-refractivity contribution in [2.45, 2.75) is 25.4 Å². The van der Waals surface area contributed by atoms with Gasteiger partial charge in [-0.25, -0.2) is 0 Å². The van der Waals surface area contributed by atoms with E-state index in [-0.39, 0.29) is 11.9 Å². The minimum Gasteiger partial charge on any atom is -0.350 e. The van der Waals surface area contributed by atoms with Gasteiger partial charge in [-0.1, -0.05) is 42.5 Å². The summed E-state index contributed by atoms with van der Waals surface area (Å²) in [4.78, 5) is 12.1. The molecule has 108 valence electrons. The molecule has 2 aromatic carbocycles. The summed E-state index contributed by atoms with van der Waals surface area (Å²) in [5.41, 5.74) is 3.38. The summed E-state index contributed by atoms with van der Waals surface area (Å²) < 4.78 is 0. The largest absolute Gasteiger partial charge is 0.350 e. The van der Waals surface area contributed by atoms with Crippen molar-refractivity contribution in [1.29, 1.82) is 0 Å². The molecule has 1 amide bonds. The highest BCUT2D eigenvalue weighted by molar-refractivity contribution is 5.94. The van der Waals surface area contributed by atoms with Gasteiger partial charge in [0.1, 0.15) is 0 Å². The third kappa shape index (κ3) is 3.14. The molecule has 0 spiro atoms. The minimum absolute atomic E-state index is 0.0203. The Morgan fingerprint density at radius 2 is 1.86 bits per heavy atom. The lowest BCUT2D eigenvalue weighted by atomic mass is 9.91. The first-order chi connectivity index (χ1) is 10.2. The number of benzene rings is 2. The van der Waals surface area contributed by atoms with Gasteiger partial charge in [0.05, 0.1) is 6.04 Å². The second-order valence-electron chi connectivity index (χ2n) is 5.60. The Hall–Kier alpha value is -2.13. The van der Waals surface area contributed by atoms with Crippen LogP contribution >= 0.6 is 0 Å². The quantitative estimate of drug-likeness (QED) is 0.907. The van der Waals surface area contributed by atoms with Gasteiger partial charge in [0.2, 0.25) is 0 Å². The highest BCUT2D eigenvalue weighted by atomic mass is 16.1. The molecule has 0 radical (unpaired) electrons. The maximum Gasteiger partial charge on any atom is 0.251 e. The van der Waals surface area contributed by atoms with Crippen molar-refractivity contribution >= 4 is 5.91 Å². The molecule has 2 N–H and O–H groups in total. The van der Waals surface area contributed by atoms with Crippen molar-refractivity contribution in [3.63, 3.8) is 0 Å². The number of nitrogens with one attached hydrogen (secondary N) is 2. The summed E-state index contributed by atoms with van der Waals surface area (Å²) >= 11 is 0. The number of hydrogen-bond acceptors (Lipinski definition) is 2. The zero-order chi connectivity index (χ0) is 14.7. The Morgan fingerprint density at radius 1 is 1.14 bits per heavy atom. The first-order valence-corrected chi connectivity index (χ1v) is 7.41. The monoisotopic (exact) mass is 280 g/mol. The third-order valence-electron chi connectivity index (χ3n) is 3.95. The highest BCUT2D eigenvalue weighted by Crippen LogP contribution is 2.24. The van der Waals surface area contributed by atoms with E-state index in [0.29, 0.717) is 18.2 Å². The van der Waals surface area contributed by atoms with E-state index in [1.165, 1.54) is 11.1 Å². The van der Waals surface area contributed by atoms with Crippen molar-refractivity contribution in [2.75, 3.05) is 6.54 Å². The summed E-state index contributed by atoms with van der Waals surface area (Å²) in [5, 5.41) is 6.59. The molecule has 0 saturated carbocycles. The summed E-state index contributed by atoms with van der Waals surface area (Å²) in [5.74, 6) is -0.0203. The predicted molar refractivity (Wildman–Crippen MR) is 84.3 cm³/mol. The molecule has 0 saturated heterocycles. The Labute approximate surface area is 125 Å². The molecule has 2 atom stereocenters. The van der Waals surface area contributed by atoms with Gasteiger partial charge < -0.3 is 10.6 Å². The molecule has 0 aliphatic carbocycles. The standard InChI is InChI=1S/C18H20N2O/c1-13-11-15-9-5-6-10-16(15)17(20-13)12-19-18(21)14-7-3-2-4-8-14/h2-10,13,17,20H,11-12H2,1H3,(H,19,21). The smallest absolute Gasteiger partial charge is 0.251 e. The van der Waals surface area contributed by atoms with Crippen LogP contribution in [0, 0.1) is 0 Å². The van der Waals surface area contributed by atoms with Crippen molar-refractivity contribution in [3.05, 3.63) is 71.3 Å². The Balaban J connectivity index is 1.70. The van der Waals surface area contributed by atoms with Crippen molar-refractivity contribution < 1.29 is 4.79 Å². The third-order valence-corrected chi connectivity index (χ3v) is 3.95. The predicted octanol–water partition coefficient (Wildman–Crippen LogP) is 2.69. The molecule has 1 aliphatic heterocycles. The molecule has 21 heavy (non-hydrogen) atoms. The molecule has 0 aromatic heterocycles. The zero-order valence-corrected chi connectivity index (χ0v) is 12.2. The van der Waals surface area contributed by atoms with Crippen LogP contribution in [-0.4, -0.2) is 18.5 Å². The number of fused-ring (bicyclic) bond motifs is 1. The second-order valence-corrected chi connectivity index (χ2v) is 5.60. The molecule has 2 aromatic rings. The number of hydrogen-bond donors (Lipinski definition) is 2. The Morgan fingerprint density at radius 3 is 2.67 bits per heavy atom. The summed E-state index contributed by atoms with van der Waals surface area (Å²) in [7, 11) is 0. The maximum absolute atomic E-state index is 12.1. The van der Waals surface area contributed by atoms with Crippen LogP contribution in [0.2, 0.25) is 0 Å². The molecule has 0 fully saturated rings. The van der Waals surface area contributed by atoms with Crippen LogP contribution in [0.25, 0.3) is 0 Å². The fourth-order valence-electron chi connectivity index (χ4n) is 2.94. The van der Waals surface area contributed by atoms with Gasteiger partial charge in [-0.05, 0) is 36.6 Å². The van der Waals surface area contributed by atoms with Gasteiger partial charge in [-0.15, -0.1) is 0 Å². The van der Waals surface area contributed by atoms with E-state index in [2.05, 4.69) is 41.8 Å². The van der Waals surface area contributed by atoms with E-state index < -0.39 is 0 Å². The second kappa shape index (κ2) is 6.10. The van der Waals surface area contributed by atoms with Gasteiger partial charge in [0, 0.05) is 18.2 Å². The van der Waals surface area contributed by atoms with Crippen LogP contribution in [0.1, 0.15) is 34.5 Å². The van der Waals surface area contributed by atoms with Gasteiger partial charge in [0.25, 0.3) is 5.91 Å². The molecule has 1 aliphatic rings. The van der Waals surface area contributed by atoms with Crippen LogP contribution in [0.4, 0.5) is 0 Å². The van der Waals surface area contributed by atoms with Crippen LogP contribution < -0.4 is 10.6 Å². The van der Waals surface area contributed by atoms with Gasteiger partial charge in [0.15, 0.2) is 0 Å². The molecule has 3 heteroatoms. The van der Waals surface area contributed by atoms with E-state index in [9.17, 15) is 4.79 Å². The van der Waals surface area contributed by atoms with E-state index in [1.807, 2.05) is 30.3 Å². The first-order valence-electron chi connectivity index (χ1n) is 7.41. The Bertz CT molecular complexity index is 624. The lowest BCUT2D eigenvalue weighted by molar-refractivity contribution is 0.0948. The lowest BCUT2D eigenvalue weighted by Crippen LogP contribution is -2.43. The molecule has 0 bridgehead atoms. The van der Waals surface area contributed by atoms with Crippen LogP contribution in [0.3, 0.4) is 0 Å². The fraction of sp³-hybridized carbons (Fsp3) is 0.278. The topological polar surface area (TPSA) is 41.1 Å². The van der Waals surface area contributed by atoms with Crippen molar-refractivity contribution in [1.82, 2.24) is 10.6 Å². The van der Waals surface area contributed by atoms with E-state index in [4.69, 9.17) is 0 Å². The average molecular weight is 280 g/mol. The van der Waals surface area contributed by atoms with E-state index in [1.54, 1.807) is 0 Å². The van der Waals surface area contributed by atoms with Gasteiger partial charge in [-0.2, -0.15) is 0 Å². The number of carbonyl (C=O) groups is 1. The number of carbonyl (C=O) groups excluding carboxylic acids is 1.